The molecule has 4 nitrogen and oxygen atoms in total. The zero-order valence-electron chi connectivity index (χ0n) is 11.5. The molecule has 20 heavy (non-hydrogen) atoms. The molecule has 1 atom stereocenters. The molecule has 1 aliphatic heterocycles. The predicted octanol–water partition coefficient (Wildman–Crippen LogP) is 2.68. The van der Waals surface area contributed by atoms with Gasteiger partial charge in [0.05, 0.1) is 12.1 Å². The van der Waals surface area contributed by atoms with E-state index in [9.17, 15) is 4.79 Å². The Labute approximate surface area is 123 Å². The molecule has 2 N–H and O–H groups in total. The van der Waals surface area contributed by atoms with Crippen molar-refractivity contribution in [2.24, 2.45) is 11.3 Å². The maximum absolute atomic E-state index is 12.3. The van der Waals surface area contributed by atoms with Crippen molar-refractivity contribution in [3.05, 3.63) is 23.2 Å². The van der Waals surface area contributed by atoms with Gasteiger partial charge in [-0.1, -0.05) is 11.6 Å². The molecule has 1 aromatic carbocycles. The summed E-state index contributed by atoms with van der Waals surface area (Å²) in [4.78, 5) is 12.3. The Bertz CT molecular complexity index is 527. The van der Waals surface area contributed by atoms with Crippen molar-refractivity contribution >= 4 is 23.2 Å². The van der Waals surface area contributed by atoms with Gasteiger partial charge in [0.2, 0.25) is 5.91 Å². The standard InChI is InChI=1S/C15H19ClN2O2/c1-20-13-8-10(2-3-12(13)16)18-14(19)11-9-15(11)4-6-17-7-5-15/h2-3,8,11,17H,4-7,9H2,1H3,(H,18,19). The highest BCUT2D eigenvalue weighted by atomic mass is 35.5. The van der Waals surface area contributed by atoms with Crippen LogP contribution in [0.5, 0.6) is 5.75 Å². The Kier molecular flexibility index (Phi) is 3.61. The number of carbonyl (C=O) groups is 1. The molecule has 1 spiro atoms. The molecule has 5 heteroatoms. The molecule has 1 unspecified atom stereocenters. The molecule has 1 amide bonds. The van der Waals surface area contributed by atoms with Gasteiger partial charge in [0.1, 0.15) is 5.75 Å². The van der Waals surface area contributed by atoms with E-state index in [2.05, 4.69) is 10.6 Å². The van der Waals surface area contributed by atoms with Crippen LogP contribution in [0.3, 0.4) is 0 Å². The first-order valence-corrected chi connectivity index (χ1v) is 7.37. The highest BCUT2D eigenvalue weighted by molar-refractivity contribution is 6.32. The summed E-state index contributed by atoms with van der Waals surface area (Å²) in [6, 6.07) is 5.31. The van der Waals surface area contributed by atoms with Gasteiger partial charge in [-0.25, -0.2) is 0 Å². The van der Waals surface area contributed by atoms with Gasteiger partial charge in [0.25, 0.3) is 0 Å². The highest BCUT2D eigenvalue weighted by Gasteiger charge is 2.57. The van der Waals surface area contributed by atoms with Crippen LogP contribution in [0, 0.1) is 11.3 Å². The van der Waals surface area contributed by atoms with Gasteiger partial charge in [0.15, 0.2) is 0 Å². The molecule has 1 aromatic rings. The van der Waals surface area contributed by atoms with Crippen LogP contribution >= 0.6 is 11.6 Å². The molecule has 0 bridgehead atoms. The maximum atomic E-state index is 12.3. The molecule has 3 rings (SSSR count). The lowest BCUT2D eigenvalue weighted by Gasteiger charge is -2.23. The third-order valence-corrected chi connectivity index (χ3v) is 4.84. The number of amides is 1. The van der Waals surface area contributed by atoms with Crippen molar-refractivity contribution in [2.45, 2.75) is 19.3 Å². The average molecular weight is 295 g/mol. The summed E-state index contributed by atoms with van der Waals surface area (Å²) in [6.07, 6.45) is 3.23. The Balaban J connectivity index is 1.65. The summed E-state index contributed by atoms with van der Waals surface area (Å²) < 4.78 is 5.16. The number of hydrogen-bond donors (Lipinski definition) is 2. The average Bonchev–Trinajstić information content (AvgIpc) is 3.15. The number of benzene rings is 1. The maximum Gasteiger partial charge on any atom is 0.228 e. The van der Waals surface area contributed by atoms with Gasteiger partial charge in [-0.3, -0.25) is 4.79 Å². The summed E-state index contributed by atoms with van der Waals surface area (Å²) in [5.74, 6) is 0.861. The van der Waals surface area contributed by atoms with E-state index in [0.29, 0.717) is 10.8 Å². The minimum absolute atomic E-state index is 0.122. The summed E-state index contributed by atoms with van der Waals surface area (Å²) in [6.45, 7) is 2.05. The lowest BCUT2D eigenvalue weighted by Crippen LogP contribution is -2.31. The van der Waals surface area contributed by atoms with Gasteiger partial charge in [-0.2, -0.15) is 0 Å². The number of rotatable bonds is 3. The summed E-state index contributed by atoms with van der Waals surface area (Å²) >= 11 is 5.98. The van der Waals surface area contributed by atoms with Gasteiger partial charge in [-0.05, 0) is 49.9 Å². The van der Waals surface area contributed by atoms with Gasteiger partial charge >= 0.3 is 0 Å². The van der Waals surface area contributed by atoms with Crippen molar-refractivity contribution in [3.63, 3.8) is 0 Å². The largest absolute Gasteiger partial charge is 0.495 e. The molecular weight excluding hydrogens is 276 g/mol. The van der Waals surface area contributed by atoms with E-state index in [4.69, 9.17) is 16.3 Å². The SMILES string of the molecule is COc1cc(NC(=O)C2CC23CCNCC3)ccc1Cl. The summed E-state index contributed by atoms with van der Waals surface area (Å²) in [5, 5.41) is 6.88. The molecule has 2 aliphatic rings. The molecule has 1 saturated carbocycles. The fraction of sp³-hybridized carbons (Fsp3) is 0.533. The van der Waals surface area contributed by atoms with E-state index in [-0.39, 0.29) is 17.2 Å². The monoisotopic (exact) mass is 294 g/mol. The molecule has 2 fully saturated rings. The summed E-state index contributed by atoms with van der Waals surface area (Å²) in [7, 11) is 1.57. The number of ether oxygens (including phenoxy) is 1. The fourth-order valence-electron chi connectivity index (χ4n) is 3.16. The van der Waals surface area contributed by atoms with E-state index >= 15 is 0 Å². The topological polar surface area (TPSA) is 50.4 Å². The van der Waals surface area contributed by atoms with E-state index < -0.39 is 0 Å². The van der Waals surface area contributed by atoms with Crippen LogP contribution in [0.1, 0.15) is 19.3 Å². The van der Waals surface area contributed by atoms with Crippen molar-refractivity contribution < 1.29 is 9.53 Å². The third kappa shape index (κ3) is 2.50. The molecule has 1 saturated heterocycles. The Morgan fingerprint density at radius 1 is 1.45 bits per heavy atom. The van der Waals surface area contributed by atoms with Gasteiger partial charge in [-0.15, -0.1) is 0 Å². The highest BCUT2D eigenvalue weighted by Crippen LogP contribution is 2.58. The van der Waals surface area contributed by atoms with Crippen LogP contribution in [-0.4, -0.2) is 26.1 Å². The normalized spacial score (nSPS) is 23.4. The second-order valence-corrected chi connectivity index (χ2v) is 6.11. The Hall–Kier alpha value is -1.26. The van der Waals surface area contributed by atoms with Crippen LogP contribution in [0.4, 0.5) is 5.69 Å². The molecule has 0 radical (unpaired) electrons. The Morgan fingerprint density at radius 3 is 2.90 bits per heavy atom. The quantitative estimate of drug-likeness (QED) is 0.901. The zero-order chi connectivity index (χ0) is 14.2. The second-order valence-electron chi connectivity index (χ2n) is 5.71. The number of hydrogen-bond acceptors (Lipinski definition) is 3. The molecule has 0 aromatic heterocycles. The number of anilines is 1. The number of carbonyl (C=O) groups excluding carboxylic acids is 1. The van der Waals surface area contributed by atoms with Crippen molar-refractivity contribution in [2.75, 3.05) is 25.5 Å². The minimum atomic E-state index is 0.122. The summed E-state index contributed by atoms with van der Waals surface area (Å²) in [5.41, 5.74) is 0.999. The van der Waals surface area contributed by atoms with Gasteiger partial charge in [0, 0.05) is 17.7 Å². The van der Waals surface area contributed by atoms with Crippen LogP contribution in [-0.2, 0) is 4.79 Å². The molecule has 1 aliphatic carbocycles. The first-order chi connectivity index (χ1) is 9.64. The molecule has 108 valence electrons. The van der Waals surface area contributed by atoms with E-state index in [1.165, 1.54) is 0 Å². The minimum Gasteiger partial charge on any atom is -0.495 e. The van der Waals surface area contributed by atoms with Gasteiger partial charge < -0.3 is 15.4 Å². The fourth-order valence-corrected chi connectivity index (χ4v) is 3.36. The third-order valence-electron chi connectivity index (χ3n) is 4.52. The smallest absolute Gasteiger partial charge is 0.228 e. The lowest BCUT2D eigenvalue weighted by atomic mass is 9.92. The number of piperidine rings is 1. The van der Waals surface area contributed by atoms with Crippen LogP contribution in [0.2, 0.25) is 5.02 Å². The van der Waals surface area contributed by atoms with E-state index in [0.717, 1.165) is 38.0 Å². The first-order valence-electron chi connectivity index (χ1n) is 7.00. The second kappa shape index (κ2) is 5.26. The Morgan fingerprint density at radius 2 is 2.20 bits per heavy atom. The predicted molar refractivity (Wildman–Crippen MR) is 79.3 cm³/mol. The van der Waals surface area contributed by atoms with E-state index in [1.807, 2.05) is 0 Å². The van der Waals surface area contributed by atoms with Crippen LogP contribution < -0.4 is 15.4 Å². The van der Waals surface area contributed by atoms with Crippen LogP contribution in [0.15, 0.2) is 18.2 Å². The number of methoxy groups -OCH3 is 1. The first kappa shape index (κ1) is 13.7. The van der Waals surface area contributed by atoms with Crippen LogP contribution in [0.25, 0.3) is 0 Å². The van der Waals surface area contributed by atoms with Crippen molar-refractivity contribution in [3.8, 4) is 5.75 Å². The molecule has 1 heterocycles. The molecular formula is C15H19ClN2O2. The van der Waals surface area contributed by atoms with Crippen molar-refractivity contribution in [1.29, 1.82) is 0 Å². The zero-order valence-corrected chi connectivity index (χ0v) is 12.3. The van der Waals surface area contributed by atoms with Crippen molar-refractivity contribution in [1.82, 2.24) is 5.32 Å². The lowest BCUT2D eigenvalue weighted by molar-refractivity contribution is -0.118. The number of halogens is 1. The number of nitrogens with one attached hydrogen (secondary N) is 2. The van der Waals surface area contributed by atoms with E-state index in [1.54, 1.807) is 25.3 Å².